The predicted molar refractivity (Wildman–Crippen MR) is 60.4 cm³/mol. The fourth-order valence-electron chi connectivity index (χ4n) is 3.79. The van der Waals surface area contributed by atoms with E-state index in [-0.39, 0.29) is 17.9 Å². The quantitative estimate of drug-likeness (QED) is 0.746. The molecule has 3 heteroatoms. The largest absolute Gasteiger partial charge is 0.272 e. The maximum Gasteiger partial charge on any atom is 0.246 e. The van der Waals surface area contributed by atoms with Gasteiger partial charge in [-0.1, -0.05) is 19.3 Å². The highest BCUT2D eigenvalue weighted by molar-refractivity contribution is 5.78. The number of amides is 1. The Balaban J connectivity index is 1.46. The zero-order chi connectivity index (χ0) is 11.0. The number of hydrogen-bond acceptors (Lipinski definition) is 2. The van der Waals surface area contributed by atoms with Gasteiger partial charge in [-0.25, -0.2) is 5.48 Å². The Labute approximate surface area is 96.9 Å². The minimum Gasteiger partial charge on any atom is -0.272 e. The SMILES string of the molecule is O=C(NOC1CCCC1)C1CC2CCC1C2. The lowest BCUT2D eigenvalue weighted by atomic mass is 9.88. The van der Waals surface area contributed by atoms with Gasteiger partial charge in [0.2, 0.25) is 5.91 Å². The van der Waals surface area contributed by atoms with E-state index in [1.54, 1.807) is 0 Å². The van der Waals surface area contributed by atoms with Crippen molar-refractivity contribution in [3.8, 4) is 0 Å². The van der Waals surface area contributed by atoms with Gasteiger partial charge in [-0.3, -0.25) is 9.63 Å². The Morgan fingerprint density at radius 1 is 1.06 bits per heavy atom. The molecule has 3 unspecified atom stereocenters. The van der Waals surface area contributed by atoms with Crippen molar-refractivity contribution in [2.24, 2.45) is 17.8 Å². The van der Waals surface area contributed by atoms with Crippen molar-refractivity contribution in [3.63, 3.8) is 0 Å². The summed E-state index contributed by atoms with van der Waals surface area (Å²) in [6, 6.07) is 0. The molecule has 0 aromatic carbocycles. The van der Waals surface area contributed by atoms with Gasteiger partial charge >= 0.3 is 0 Å². The van der Waals surface area contributed by atoms with Gasteiger partial charge in [0.1, 0.15) is 0 Å². The molecule has 3 rings (SSSR count). The van der Waals surface area contributed by atoms with Crippen molar-refractivity contribution in [2.45, 2.75) is 57.5 Å². The maximum absolute atomic E-state index is 12.0. The molecule has 0 aliphatic heterocycles. The number of fused-ring (bicyclic) bond motifs is 2. The van der Waals surface area contributed by atoms with E-state index < -0.39 is 0 Å². The molecule has 0 spiro atoms. The molecular formula is C13H21NO2. The highest BCUT2D eigenvalue weighted by Gasteiger charge is 2.43. The molecule has 0 radical (unpaired) electrons. The highest BCUT2D eigenvalue weighted by Crippen LogP contribution is 2.48. The summed E-state index contributed by atoms with van der Waals surface area (Å²) < 4.78 is 0. The first-order chi connectivity index (χ1) is 7.83. The van der Waals surface area contributed by atoms with Crippen molar-refractivity contribution >= 4 is 5.91 Å². The standard InChI is InChI=1S/C13H21NO2/c15-13(14-16-11-3-1-2-4-11)12-8-9-5-6-10(12)7-9/h9-12H,1-8H2,(H,14,15). The number of hydroxylamine groups is 1. The Kier molecular flexibility index (Phi) is 2.88. The van der Waals surface area contributed by atoms with Crippen LogP contribution in [0.2, 0.25) is 0 Å². The van der Waals surface area contributed by atoms with E-state index in [4.69, 9.17) is 4.84 Å². The summed E-state index contributed by atoms with van der Waals surface area (Å²) in [6.07, 6.45) is 9.97. The summed E-state index contributed by atoms with van der Waals surface area (Å²) in [5, 5.41) is 0. The molecule has 0 saturated heterocycles. The van der Waals surface area contributed by atoms with Crippen molar-refractivity contribution in [2.75, 3.05) is 0 Å². The van der Waals surface area contributed by atoms with Crippen LogP contribution < -0.4 is 5.48 Å². The van der Waals surface area contributed by atoms with Gasteiger partial charge in [0.25, 0.3) is 0 Å². The van der Waals surface area contributed by atoms with Gasteiger partial charge in [-0.05, 0) is 43.9 Å². The number of hydrogen-bond donors (Lipinski definition) is 1. The average Bonchev–Trinajstić information content (AvgIpc) is 3.01. The predicted octanol–water partition coefficient (Wildman–Crippen LogP) is 2.41. The zero-order valence-corrected chi connectivity index (χ0v) is 9.78. The molecule has 3 saturated carbocycles. The molecule has 16 heavy (non-hydrogen) atoms. The number of carbonyl (C=O) groups is 1. The van der Waals surface area contributed by atoms with Crippen molar-refractivity contribution < 1.29 is 9.63 Å². The number of carbonyl (C=O) groups excluding carboxylic acids is 1. The number of rotatable bonds is 3. The van der Waals surface area contributed by atoms with Crippen LogP contribution in [0.3, 0.4) is 0 Å². The van der Waals surface area contributed by atoms with Gasteiger partial charge in [-0.15, -0.1) is 0 Å². The lowest BCUT2D eigenvalue weighted by Crippen LogP contribution is -2.35. The Morgan fingerprint density at radius 3 is 2.50 bits per heavy atom. The Hall–Kier alpha value is -0.570. The topological polar surface area (TPSA) is 38.3 Å². The van der Waals surface area contributed by atoms with E-state index in [0.29, 0.717) is 5.92 Å². The second-order valence-corrected chi connectivity index (χ2v) is 5.77. The van der Waals surface area contributed by atoms with E-state index in [1.165, 1.54) is 32.1 Å². The van der Waals surface area contributed by atoms with Gasteiger partial charge in [-0.2, -0.15) is 0 Å². The molecule has 3 nitrogen and oxygen atoms in total. The number of nitrogens with one attached hydrogen (secondary N) is 1. The van der Waals surface area contributed by atoms with Crippen LogP contribution in [0.5, 0.6) is 0 Å². The molecule has 1 N–H and O–H groups in total. The van der Waals surface area contributed by atoms with E-state index in [1.807, 2.05) is 0 Å². The molecule has 0 aromatic rings. The molecule has 1 amide bonds. The first-order valence-corrected chi connectivity index (χ1v) is 6.78. The average molecular weight is 223 g/mol. The third kappa shape index (κ3) is 1.97. The van der Waals surface area contributed by atoms with Crippen LogP contribution in [0.25, 0.3) is 0 Å². The molecule has 3 atom stereocenters. The third-order valence-corrected chi connectivity index (χ3v) is 4.70. The normalized spacial score (nSPS) is 38.1. The van der Waals surface area contributed by atoms with Crippen LogP contribution in [0.1, 0.15) is 51.4 Å². The van der Waals surface area contributed by atoms with Crippen LogP contribution in [0, 0.1) is 17.8 Å². The van der Waals surface area contributed by atoms with E-state index in [9.17, 15) is 4.79 Å². The monoisotopic (exact) mass is 223 g/mol. The van der Waals surface area contributed by atoms with Crippen LogP contribution in [0.4, 0.5) is 0 Å². The van der Waals surface area contributed by atoms with Crippen LogP contribution >= 0.6 is 0 Å². The molecule has 0 aromatic heterocycles. The first-order valence-electron chi connectivity index (χ1n) is 6.78. The summed E-state index contributed by atoms with van der Waals surface area (Å²) in [6.45, 7) is 0. The molecule has 0 heterocycles. The second-order valence-electron chi connectivity index (χ2n) is 5.77. The third-order valence-electron chi connectivity index (χ3n) is 4.70. The summed E-state index contributed by atoms with van der Waals surface area (Å²) in [7, 11) is 0. The van der Waals surface area contributed by atoms with E-state index in [0.717, 1.165) is 25.2 Å². The Morgan fingerprint density at radius 2 is 1.88 bits per heavy atom. The fraction of sp³-hybridized carbons (Fsp3) is 0.923. The minimum absolute atomic E-state index is 0.152. The van der Waals surface area contributed by atoms with Gasteiger partial charge < -0.3 is 0 Å². The minimum atomic E-state index is 0.152. The molecular weight excluding hydrogens is 202 g/mol. The summed E-state index contributed by atoms with van der Waals surface area (Å²) >= 11 is 0. The lowest BCUT2D eigenvalue weighted by molar-refractivity contribution is -0.144. The summed E-state index contributed by atoms with van der Waals surface area (Å²) in [5.41, 5.74) is 2.71. The van der Waals surface area contributed by atoms with Crippen LogP contribution in [-0.4, -0.2) is 12.0 Å². The van der Waals surface area contributed by atoms with Gasteiger partial charge in [0, 0.05) is 5.92 Å². The Bertz CT molecular complexity index is 273. The molecule has 90 valence electrons. The van der Waals surface area contributed by atoms with Crippen LogP contribution in [-0.2, 0) is 9.63 Å². The highest BCUT2D eigenvalue weighted by atomic mass is 16.7. The van der Waals surface area contributed by atoms with Gasteiger partial charge in [0.15, 0.2) is 0 Å². The van der Waals surface area contributed by atoms with Crippen molar-refractivity contribution in [3.05, 3.63) is 0 Å². The fourth-order valence-corrected chi connectivity index (χ4v) is 3.79. The van der Waals surface area contributed by atoms with Crippen molar-refractivity contribution in [1.82, 2.24) is 5.48 Å². The smallest absolute Gasteiger partial charge is 0.246 e. The summed E-state index contributed by atoms with van der Waals surface area (Å²) in [5.74, 6) is 1.88. The van der Waals surface area contributed by atoms with E-state index >= 15 is 0 Å². The molecule has 3 aliphatic carbocycles. The zero-order valence-electron chi connectivity index (χ0n) is 9.78. The lowest BCUT2D eigenvalue weighted by Gasteiger charge is -2.21. The maximum atomic E-state index is 12.0. The molecule has 2 bridgehead atoms. The van der Waals surface area contributed by atoms with Crippen molar-refractivity contribution in [1.29, 1.82) is 0 Å². The van der Waals surface area contributed by atoms with E-state index in [2.05, 4.69) is 5.48 Å². The first kappa shape index (κ1) is 10.6. The van der Waals surface area contributed by atoms with Crippen LogP contribution in [0.15, 0.2) is 0 Å². The summed E-state index contributed by atoms with van der Waals surface area (Å²) in [4.78, 5) is 17.4. The molecule has 3 fully saturated rings. The second kappa shape index (κ2) is 4.36. The molecule has 3 aliphatic rings. The van der Waals surface area contributed by atoms with Gasteiger partial charge in [0.05, 0.1) is 6.10 Å².